The number of fused-ring (bicyclic) bond motifs is 1. The SMILES string of the molecule is CC1=C(C2C(S)=C(C(=O)O)N3C(=O)[C@@H]([C@@H](C)O)C23)C=CCN1C. The molecule has 6 nitrogen and oxygen atoms in total. The fourth-order valence-electron chi connectivity index (χ4n) is 3.76. The van der Waals surface area contributed by atoms with E-state index in [4.69, 9.17) is 0 Å². The molecule has 1 amide bonds. The van der Waals surface area contributed by atoms with Gasteiger partial charge in [-0.1, -0.05) is 12.2 Å². The zero-order valence-corrected chi connectivity index (χ0v) is 14.1. The molecule has 23 heavy (non-hydrogen) atoms. The molecule has 2 N–H and O–H groups in total. The van der Waals surface area contributed by atoms with Crippen LogP contribution in [0, 0.1) is 11.8 Å². The summed E-state index contributed by atoms with van der Waals surface area (Å²) in [4.78, 5) is 27.6. The molecular formula is C16H20N2O4S. The molecule has 1 fully saturated rings. The number of β-lactam (4-membered cyclic amide) rings is 1. The van der Waals surface area contributed by atoms with Gasteiger partial charge in [0.2, 0.25) is 5.91 Å². The summed E-state index contributed by atoms with van der Waals surface area (Å²) in [6.45, 7) is 4.32. The molecule has 0 bridgehead atoms. The van der Waals surface area contributed by atoms with Gasteiger partial charge in [-0.05, 0) is 19.4 Å². The Balaban J connectivity index is 2.11. The molecule has 2 unspecified atom stereocenters. The van der Waals surface area contributed by atoms with Gasteiger partial charge in [-0.25, -0.2) is 4.79 Å². The van der Waals surface area contributed by atoms with Gasteiger partial charge in [0.05, 0.1) is 18.1 Å². The number of allylic oxidation sites excluding steroid dienone is 2. The Morgan fingerprint density at radius 1 is 1.48 bits per heavy atom. The summed E-state index contributed by atoms with van der Waals surface area (Å²) >= 11 is 4.45. The van der Waals surface area contributed by atoms with Gasteiger partial charge in [0.1, 0.15) is 5.70 Å². The maximum atomic E-state index is 12.3. The van der Waals surface area contributed by atoms with Crippen LogP contribution in [-0.2, 0) is 9.59 Å². The molecule has 0 radical (unpaired) electrons. The molecule has 3 heterocycles. The molecule has 0 aromatic rings. The van der Waals surface area contributed by atoms with E-state index in [2.05, 4.69) is 17.5 Å². The van der Waals surface area contributed by atoms with Gasteiger partial charge in [0.25, 0.3) is 0 Å². The van der Waals surface area contributed by atoms with E-state index in [1.165, 1.54) is 4.90 Å². The van der Waals surface area contributed by atoms with Gasteiger partial charge in [-0.2, -0.15) is 0 Å². The van der Waals surface area contributed by atoms with Crippen molar-refractivity contribution < 1.29 is 19.8 Å². The highest BCUT2D eigenvalue weighted by atomic mass is 32.1. The van der Waals surface area contributed by atoms with Crippen molar-refractivity contribution >= 4 is 24.5 Å². The average Bonchev–Trinajstić information content (AvgIpc) is 2.71. The molecule has 4 atom stereocenters. The summed E-state index contributed by atoms with van der Waals surface area (Å²) in [6.07, 6.45) is 3.15. The number of nitrogens with zero attached hydrogens (tertiary/aromatic N) is 2. The van der Waals surface area contributed by atoms with Crippen LogP contribution < -0.4 is 0 Å². The van der Waals surface area contributed by atoms with E-state index in [-0.39, 0.29) is 23.6 Å². The van der Waals surface area contributed by atoms with Gasteiger partial charge in [-0.15, -0.1) is 12.6 Å². The first kappa shape index (κ1) is 16.1. The number of aliphatic carboxylic acids is 1. The molecule has 3 aliphatic rings. The molecule has 0 aromatic carbocycles. The normalized spacial score (nSPS) is 31.5. The smallest absolute Gasteiger partial charge is 0.353 e. The fourth-order valence-corrected chi connectivity index (χ4v) is 4.26. The molecule has 3 aliphatic heterocycles. The van der Waals surface area contributed by atoms with E-state index in [1.54, 1.807) is 6.92 Å². The van der Waals surface area contributed by atoms with Crippen LogP contribution in [0.15, 0.2) is 34.0 Å². The predicted molar refractivity (Wildman–Crippen MR) is 87.4 cm³/mol. The molecular weight excluding hydrogens is 316 g/mol. The van der Waals surface area contributed by atoms with Gasteiger partial charge in [0.15, 0.2) is 0 Å². The van der Waals surface area contributed by atoms with E-state index < -0.39 is 18.0 Å². The summed E-state index contributed by atoms with van der Waals surface area (Å²) in [5.41, 5.74) is 1.92. The second kappa shape index (κ2) is 5.42. The van der Waals surface area contributed by atoms with Crippen LogP contribution in [0.2, 0.25) is 0 Å². The lowest BCUT2D eigenvalue weighted by Gasteiger charge is -2.47. The topological polar surface area (TPSA) is 81.1 Å². The third kappa shape index (κ3) is 2.14. The highest BCUT2D eigenvalue weighted by Crippen LogP contribution is 2.52. The highest BCUT2D eigenvalue weighted by molar-refractivity contribution is 7.84. The lowest BCUT2D eigenvalue weighted by molar-refractivity contribution is -0.162. The van der Waals surface area contributed by atoms with Crippen molar-refractivity contribution in [3.63, 3.8) is 0 Å². The lowest BCUT2D eigenvalue weighted by atomic mass is 9.75. The molecule has 0 aliphatic carbocycles. The molecule has 3 rings (SSSR count). The lowest BCUT2D eigenvalue weighted by Crippen LogP contribution is -2.64. The Labute approximate surface area is 140 Å². The Morgan fingerprint density at radius 2 is 2.13 bits per heavy atom. The van der Waals surface area contributed by atoms with E-state index in [0.717, 1.165) is 17.8 Å². The van der Waals surface area contributed by atoms with Crippen molar-refractivity contribution in [3.05, 3.63) is 34.0 Å². The summed E-state index contributed by atoms with van der Waals surface area (Å²) in [5.74, 6) is -2.42. The van der Waals surface area contributed by atoms with Gasteiger partial charge < -0.3 is 20.0 Å². The van der Waals surface area contributed by atoms with Crippen molar-refractivity contribution in [2.24, 2.45) is 11.8 Å². The van der Waals surface area contributed by atoms with E-state index in [9.17, 15) is 19.8 Å². The maximum absolute atomic E-state index is 12.3. The summed E-state index contributed by atoms with van der Waals surface area (Å²) < 4.78 is 0. The number of aliphatic hydroxyl groups excluding tert-OH is 1. The first-order valence-corrected chi connectivity index (χ1v) is 7.98. The highest BCUT2D eigenvalue weighted by Gasteiger charge is 2.61. The summed E-state index contributed by atoms with van der Waals surface area (Å²) in [6, 6.07) is -0.387. The second-order valence-electron chi connectivity index (χ2n) is 6.31. The van der Waals surface area contributed by atoms with E-state index >= 15 is 0 Å². The largest absolute Gasteiger partial charge is 0.477 e. The molecule has 7 heteroatoms. The minimum atomic E-state index is -1.16. The number of carboxylic acid groups (broad SMARTS) is 1. The maximum Gasteiger partial charge on any atom is 0.353 e. The number of carbonyl (C=O) groups excluding carboxylic acids is 1. The van der Waals surface area contributed by atoms with Crippen LogP contribution in [0.1, 0.15) is 13.8 Å². The Bertz CT molecular complexity index is 680. The number of aliphatic hydroxyl groups is 1. The number of hydrogen-bond donors (Lipinski definition) is 3. The second-order valence-corrected chi connectivity index (χ2v) is 6.79. The van der Waals surface area contributed by atoms with Crippen molar-refractivity contribution in [2.45, 2.75) is 26.0 Å². The van der Waals surface area contributed by atoms with Gasteiger partial charge in [-0.3, -0.25) is 4.79 Å². The molecule has 0 saturated carbocycles. The van der Waals surface area contributed by atoms with Gasteiger partial charge >= 0.3 is 5.97 Å². The molecule has 124 valence electrons. The number of rotatable bonds is 3. The predicted octanol–water partition coefficient (Wildman–Crippen LogP) is 0.826. The van der Waals surface area contributed by atoms with Crippen LogP contribution in [0.5, 0.6) is 0 Å². The zero-order chi connectivity index (χ0) is 17.0. The van der Waals surface area contributed by atoms with Crippen LogP contribution in [0.4, 0.5) is 0 Å². The summed E-state index contributed by atoms with van der Waals surface area (Å²) in [5, 5.41) is 19.4. The summed E-state index contributed by atoms with van der Waals surface area (Å²) in [7, 11) is 1.96. The van der Waals surface area contributed by atoms with Crippen LogP contribution in [0.3, 0.4) is 0 Å². The Kier molecular flexibility index (Phi) is 3.80. The third-order valence-corrected chi connectivity index (χ3v) is 5.52. The van der Waals surface area contributed by atoms with Crippen LogP contribution in [-0.4, -0.2) is 57.6 Å². The average molecular weight is 336 g/mol. The van der Waals surface area contributed by atoms with Gasteiger partial charge in [0, 0.05) is 30.1 Å². The van der Waals surface area contributed by atoms with Crippen molar-refractivity contribution in [1.82, 2.24) is 9.80 Å². The first-order chi connectivity index (χ1) is 10.8. The molecule has 1 saturated heterocycles. The number of carbonyl (C=O) groups is 2. The Hall–Kier alpha value is -1.73. The number of hydrogen-bond acceptors (Lipinski definition) is 5. The van der Waals surface area contributed by atoms with E-state index in [0.29, 0.717) is 4.91 Å². The molecule has 0 spiro atoms. The number of thiol groups is 1. The van der Waals surface area contributed by atoms with Crippen LogP contribution >= 0.6 is 12.6 Å². The Morgan fingerprint density at radius 3 is 2.70 bits per heavy atom. The number of carboxylic acids is 1. The van der Waals surface area contributed by atoms with Crippen LogP contribution in [0.25, 0.3) is 0 Å². The fraction of sp³-hybridized carbons (Fsp3) is 0.500. The van der Waals surface area contributed by atoms with Crippen molar-refractivity contribution in [1.29, 1.82) is 0 Å². The standard InChI is InChI=1S/C16H20N2O4S/c1-7-9(5-4-6-17(7)3)11-12-10(8(2)19)15(20)18(12)13(14(11)23)16(21)22/h4-5,8,10-12,19,23H,6H2,1-3H3,(H,21,22)/t8-,10+,11?,12?/m1/s1. The third-order valence-electron chi connectivity index (χ3n) is 5.03. The number of likely N-dealkylation sites (N-methyl/N-ethyl adjacent to an activating group) is 1. The quantitative estimate of drug-likeness (QED) is 0.525. The molecule has 0 aromatic heterocycles. The number of amides is 1. The minimum absolute atomic E-state index is 0.0628. The first-order valence-electron chi connectivity index (χ1n) is 7.53. The van der Waals surface area contributed by atoms with E-state index in [1.807, 2.05) is 26.1 Å². The van der Waals surface area contributed by atoms with Crippen molar-refractivity contribution in [2.75, 3.05) is 13.6 Å². The zero-order valence-electron chi connectivity index (χ0n) is 13.2. The minimum Gasteiger partial charge on any atom is -0.477 e. The monoisotopic (exact) mass is 336 g/mol. The van der Waals surface area contributed by atoms with Crippen molar-refractivity contribution in [3.8, 4) is 0 Å².